The molecular formula is C25H19N3O8S. The van der Waals surface area contributed by atoms with E-state index < -0.39 is 32.4 Å². The largest absolute Gasteiger partial charge is 0.493 e. The number of methoxy groups -OCH3 is 1. The highest BCUT2D eigenvalue weighted by molar-refractivity contribution is 8.18. The van der Waals surface area contributed by atoms with Crippen LogP contribution >= 0.6 is 11.8 Å². The molecule has 0 radical (unpaired) electrons. The Morgan fingerprint density at radius 2 is 1.73 bits per heavy atom. The molecule has 37 heavy (non-hydrogen) atoms. The second-order valence-corrected chi connectivity index (χ2v) is 8.90. The van der Waals surface area contributed by atoms with E-state index in [1.165, 1.54) is 13.2 Å². The Bertz CT molecular complexity index is 1470. The molecule has 1 saturated heterocycles. The van der Waals surface area contributed by atoms with E-state index in [0.29, 0.717) is 5.56 Å². The molecule has 0 saturated carbocycles. The number of ether oxygens (including phenoxy) is 2. The van der Waals surface area contributed by atoms with Gasteiger partial charge >= 0.3 is 5.69 Å². The minimum absolute atomic E-state index is 0.0347. The molecule has 12 heteroatoms. The monoisotopic (exact) mass is 521 g/mol. The number of hydrogen-bond donors (Lipinski definition) is 0. The number of rotatable bonds is 8. The summed E-state index contributed by atoms with van der Waals surface area (Å²) >= 11 is 0.761. The van der Waals surface area contributed by atoms with E-state index in [4.69, 9.17) is 9.47 Å². The molecular weight excluding hydrogens is 502 g/mol. The first kappa shape index (κ1) is 25.4. The molecule has 0 bridgehead atoms. The highest BCUT2D eigenvalue weighted by atomic mass is 32.2. The maximum Gasteiger partial charge on any atom is 0.318 e. The van der Waals surface area contributed by atoms with Crippen molar-refractivity contribution >= 4 is 40.4 Å². The molecule has 0 unspecified atom stereocenters. The summed E-state index contributed by atoms with van der Waals surface area (Å²) < 4.78 is 11.2. The summed E-state index contributed by atoms with van der Waals surface area (Å²) in [6.07, 6.45) is 1.44. The van der Waals surface area contributed by atoms with Gasteiger partial charge < -0.3 is 9.47 Å². The highest BCUT2D eigenvalue weighted by Gasteiger charge is 2.35. The summed E-state index contributed by atoms with van der Waals surface area (Å²) in [6, 6.07) is 15.2. The van der Waals surface area contributed by atoms with Gasteiger partial charge in [-0.3, -0.25) is 34.7 Å². The van der Waals surface area contributed by atoms with Gasteiger partial charge in [0.15, 0.2) is 11.5 Å². The van der Waals surface area contributed by atoms with Gasteiger partial charge in [0.05, 0.1) is 34.5 Å². The lowest BCUT2D eigenvalue weighted by atomic mass is 10.1. The molecule has 0 aliphatic carbocycles. The number of para-hydroxylation sites is 1. The third kappa shape index (κ3) is 5.43. The molecule has 0 spiro atoms. The first-order valence-corrected chi connectivity index (χ1v) is 11.6. The van der Waals surface area contributed by atoms with Crippen LogP contribution in [0.1, 0.15) is 16.7 Å². The molecule has 1 aliphatic heterocycles. The molecule has 3 aromatic carbocycles. The maximum absolute atomic E-state index is 13.1. The van der Waals surface area contributed by atoms with Crippen LogP contribution in [-0.2, 0) is 11.3 Å². The molecule has 0 N–H and O–H groups in total. The zero-order valence-corrected chi connectivity index (χ0v) is 20.4. The van der Waals surface area contributed by atoms with Crippen molar-refractivity contribution in [3.63, 3.8) is 0 Å². The van der Waals surface area contributed by atoms with Gasteiger partial charge in [0.1, 0.15) is 0 Å². The summed E-state index contributed by atoms with van der Waals surface area (Å²) in [6.45, 7) is 2.02. The number of nitro benzene ring substituents is 2. The fourth-order valence-electron chi connectivity index (χ4n) is 3.65. The van der Waals surface area contributed by atoms with Gasteiger partial charge in [-0.15, -0.1) is 0 Å². The number of carbonyl (C=O) groups is 2. The van der Waals surface area contributed by atoms with Gasteiger partial charge in [-0.2, -0.15) is 0 Å². The zero-order chi connectivity index (χ0) is 26.7. The fourth-order valence-corrected chi connectivity index (χ4v) is 4.47. The number of nitrogens with zero attached hydrogens (tertiary/aromatic N) is 3. The Kier molecular flexibility index (Phi) is 7.20. The normalized spacial score (nSPS) is 14.2. The van der Waals surface area contributed by atoms with Crippen LogP contribution in [0.2, 0.25) is 0 Å². The molecule has 0 aromatic heterocycles. The van der Waals surface area contributed by atoms with Gasteiger partial charge in [0.25, 0.3) is 16.8 Å². The predicted octanol–water partition coefficient (Wildman–Crippen LogP) is 5.85. The Morgan fingerprint density at radius 3 is 2.41 bits per heavy atom. The van der Waals surface area contributed by atoms with Gasteiger partial charge in [-0.1, -0.05) is 42.0 Å². The molecule has 1 fully saturated rings. The van der Waals surface area contributed by atoms with E-state index in [9.17, 15) is 29.8 Å². The minimum Gasteiger partial charge on any atom is -0.493 e. The van der Waals surface area contributed by atoms with Crippen LogP contribution in [-0.4, -0.2) is 33.0 Å². The number of carbonyl (C=O) groups excluding carboxylic acids is 2. The van der Waals surface area contributed by atoms with Crippen LogP contribution in [0.25, 0.3) is 6.08 Å². The van der Waals surface area contributed by atoms with E-state index in [1.54, 1.807) is 18.2 Å². The average Bonchev–Trinajstić information content (AvgIpc) is 3.12. The van der Waals surface area contributed by atoms with Gasteiger partial charge in [-0.25, -0.2) is 0 Å². The van der Waals surface area contributed by atoms with Crippen LogP contribution in [0.5, 0.6) is 17.2 Å². The molecule has 11 nitrogen and oxygen atoms in total. The van der Waals surface area contributed by atoms with Gasteiger partial charge in [-0.05, 0) is 42.5 Å². The average molecular weight is 522 g/mol. The number of hydrogen-bond acceptors (Lipinski definition) is 9. The fraction of sp³-hybridized carbons (Fsp3) is 0.120. The maximum atomic E-state index is 13.1. The smallest absolute Gasteiger partial charge is 0.318 e. The quantitative estimate of drug-likeness (QED) is 0.203. The van der Waals surface area contributed by atoms with Crippen molar-refractivity contribution in [3.05, 3.63) is 102 Å². The number of imide groups is 1. The van der Waals surface area contributed by atoms with E-state index >= 15 is 0 Å². The number of aryl methyl sites for hydroxylation is 1. The van der Waals surface area contributed by atoms with E-state index in [-0.39, 0.29) is 28.7 Å². The van der Waals surface area contributed by atoms with Crippen molar-refractivity contribution in [2.75, 3.05) is 7.11 Å². The summed E-state index contributed by atoms with van der Waals surface area (Å²) in [7, 11) is 1.37. The van der Waals surface area contributed by atoms with Crippen molar-refractivity contribution in [2.24, 2.45) is 0 Å². The number of non-ortho nitro benzene ring substituents is 1. The Balaban J connectivity index is 1.69. The molecule has 1 heterocycles. The van der Waals surface area contributed by atoms with Crippen LogP contribution in [0.15, 0.2) is 65.6 Å². The number of nitro groups is 2. The van der Waals surface area contributed by atoms with Crippen molar-refractivity contribution in [1.29, 1.82) is 0 Å². The van der Waals surface area contributed by atoms with Crippen LogP contribution < -0.4 is 9.47 Å². The third-order valence-corrected chi connectivity index (χ3v) is 6.28. The van der Waals surface area contributed by atoms with Gasteiger partial charge in [0, 0.05) is 11.6 Å². The van der Waals surface area contributed by atoms with E-state index in [1.807, 2.05) is 31.2 Å². The molecule has 3 aromatic rings. The van der Waals surface area contributed by atoms with Crippen molar-refractivity contribution < 1.29 is 28.9 Å². The number of amides is 2. The minimum atomic E-state index is -0.798. The van der Waals surface area contributed by atoms with Crippen molar-refractivity contribution in [1.82, 2.24) is 4.90 Å². The van der Waals surface area contributed by atoms with Crippen molar-refractivity contribution in [3.8, 4) is 17.2 Å². The molecule has 4 rings (SSSR count). The second-order valence-electron chi connectivity index (χ2n) is 7.90. The lowest BCUT2D eigenvalue weighted by Gasteiger charge is -2.14. The summed E-state index contributed by atoms with van der Waals surface area (Å²) in [5.41, 5.74) is 1.03. The van der Waals surface area contributed by atoms with Crippen LogP contribution in [0.3, 0.4) is 0 Å². The highest BCUT2D eigenvalue weighted by Crippen LogP contribution is 2.42. The summed E-state index contributed by atoms with van der Waals surface area (Å²) in [4.78, 5) is 48.0. The standard InChI is InChI=1S/C25H19N3O8S/c1-15-5-3-6-16(11-15)14-26-24(29)22(37-25(26)30)12-17-7-4-8-21(35-2)23(17)36-20-10-9-18(27(31)32)13-19(20)28(33)34/h3-13H,14H2,1-2H3/b22-12-. The van der Waals surface area contributed by atoms with Crippen LogP contribution in [0, 0.1) is 27.2 Å². The molecule has 2 amide bonds. The number of thioether (sulfide) groups is 1. The lowest BCUT2D eigenvalue weighted by Crippen LogP contribution is -2.27. The molecule has 1 aliphatic rings. The van der Waals surface area contributed by atoms with Crippen LogP contribution in [0.4, 0.5) is 16.2 Å². The second kappa shape index (κ2) is 10.5. The predicted molar refractivity (Wildman–Crippen MR) is 136 cm³/mol. The van der Waals surface area contributed by atoms with Crippen molar-refractivity contribution in [2.45, 2.75) is 13.5 Å². The van der Waals surface area contributed by atoms with E-state index in [0.717, 1.165) is 46.0 Å². The first-order chi connectivity index (χ1) is 17.7. The molecule has 0 atom stereocenters. The zero-order valence-electron chi connectivity index (χ0n) is 19.6. The molecule has 188 valence electrons. The Labute approximate surface area is 214 Å². The third-order valence-electron chi connectivity index (χ3n) is 5.37. The SMILES string of the molecule is COc1cccc(/C=C2\SC(=O)N(Cc3cccc(C)c3)C2=O)c1Oc1ccc([N+](=O)[O-])cc1[N+](=O)[O-]. The first-order valence-electron chi connectivity index (χ1n) is 10.8. The Hall–Kier alpha value is -4.71. The summed E-state index contributed by atoms with van der Waals surface area (Å²) in [5.74, 6) is -0.526. The lowest BCUT2D eigenvalue weighted by molar-refractivity contribution is -0.394. The van der Waals surface area contributed by atoms with E-state index in [2.05, 4.69) is 0 Å². The Morgan fingerprint density at radius 1 is 0.973 bits per heavy atom. The topological polar surface area (TPSA) is 142 Å². The van der Waals surface area contributed by atoms with Gasteiger partial charge in [0.2, 0.25) is 5.75 Å². The summed E-state index contributed by atoms with van der Waals surface area (Å²) in [5, 5.41) is 22.2. The number of benzene rings is 3.